The highest BCUT2D eigenvalue weighted by atomic mass is 16.6. The molecule has 0 aromatic heterocycles. The highest BCUT2D eigenvalue weighted by molar-refractivity contribution is 4.94. The summed E-state index contributed by atoms with van der Waals surface area (Å²) in [4.78, 5) is 0. The second kappa shape index (κ2) is 3.74. The maximum absolute atomic E-state index is 8.85. The van der Waals surface area contributed by atoms with E-state index in [1.54, 1.807) is 6.92 Å². The molecule has 0 spiro atoms. The smallest absolute Gasteiger partial charge is 0.152 e. The van der Waals surface area contributed by atoms with Crippen molar-refractivity contribution < 1.29 is 9.84 Å². The minimum absolute atomic E-state index is 0.147. The third-order valence-electron chi connectivity index (χ3n) is 1.58. The topological polar surface area (TPSA) is 29.5 Å². The molecular formula is C8H14O2. The molecule has 0 heterocycles. The van der Waals surface area contributed by atoms with E-state index in [0.717, 1.165) is 12.8 Å². The third kappa shape index (κ3) is 2.50. The second-order valence-electron chi connectivity index (χ2n) is 2.63. The molecule has 0 amide bonds. The first-order chi connectivity index (χ1) is 4.79. The van der Waals surface area contributed by atoms with Gasteiger partial charge in [0.1, 0.15) is 0 Å². The quantitative estimate of drug-likeness (QED) is 0.467. The predicted molar refractivity (Wildman–Crippen MR) is 39.5 cm³/mol. The Labute approximate surface area is 61.5 Å². The average Bonchev–Trinajstić information content (AvgIpc) is 1.88. The molecule has 0 aromatic rings. The molecule has 2 unspecified atom stereocenters. The molecule has 1 aliphatic carbocycles. The molecule has 0 saturated heterocycles. The second-order valence-corrected chi connectivity index (χ2v) is 2.63. The molecule has 1 rings (SSSR count). The van der Waals surface area contributed by atoms with E-state index in [-0.39, 0.29) is 6.10 Å². The van der Waals surface area contributed by atoms with E-state index in [4.69, 9.17) is 9.84 Å². The van der Waals surface area contributed by atoms with Gasteiger partial charge in [-0.1, -0.05) is 12.2 Å². The van der Waals surface area contributed by atoms with Crippen LogP contribution in [0.2, 0.25) is 0 Å². The van der Waals surface area contributed by atoms with Crippen LogP contribution in [0.3, 0.4) is 0 Å². The summed E-state index contributed by atoms with van der Waals surface area (Å²) >= 11 is 0. The van der Waals surface area contributed by atoms with Gasteiger partial charge in [0.05, 0.1) is 6.10 Å². The maximum atomic E-state index is 8.85. The fraction of sp³-hybridized carbons (Fsp3) is 0.750. The Morgan fingerprint density at radius 3 is 3.00 bits per heavy atom. The summed E-state index contributed by atoms with van der Waals surface area (Å²) in [5.41, 5.74) is 0. The van der Waals surface area contributed by atoms with E-state index in [0.29, 0.717) is 0 Å². The molecule has 0 aromatic carbocycles. The van der Waals surface area contributed by atoms with Gasteiger partial charge in [-0.05, 0) is 26.2 Å². The normalized spacial score (nSPS) is 28.4. The molecule has 0 fully saturated rings. The zero-order valence-corrected chi connectivity index (χ0v) is 6.29. The van der Waals surface area contributed by atoms with Crippen LogP contribution in [0.4, 0.5) is 0 Å². The van der Waals surface area contributed by atoms with E-state index >= 15 is 0 Å². The lowest BCUT2D eigenvalue weighted by atomic mass is 10.1. The van der Waals surface area contributed by atoms with Crippen molar-refractivity contribution in [2.24, 2.45) is 0 Å². The Kier molecular flexibility index (Phi) is 2.90. The standard InChI is InChI=1S/C8H14O2/c1-7(9)10-8-5-3-2-4-6-8/h3,5,7-9H,2,4,6H2,1H3. The van der Waals surface area contributed by atoms with Crippen LogP contribution in [0.5, 0.6) is 0 Å². The van der Waals surface area contributed by atoms with E-state index in [1.807, 2.05) is 6.08 Å². The Morgan fingerprint density at radius 2 is 2.50 bits per heavy atom. The van der Waals surface area contributed by atoms with Crippen molar-refractivity contribution in [1.82, 2.24) is 0 Å². The molecule has 58 valence electrons. The van der Waals surface area contributed by atoms with Gasteiger partial charge < -0.3 is 9.84 Å². The van der Waals surface area contributed by atoms with Crippen molar-refractivity contribution in [2.45, 2.75) is 38.6 Å². The summed E-state index contributed by atoms with van der Waals surface area (Å²) in [5.74, 6) is 0. The van der Waals surface area contributed by atoms with Gasteiger partial charge in [-0.3, -0.25) is 0 Å². The first-order valence-corrected chi connectivity index (χ1v) is 3.79. The number of aliphatic hydroxyl groups excluding tert-OH is 1. The van der Waals surface area contributed by atoms with Gasteiger partial charge in [0.2, 0.25) is 0 Å². The molecule has 2 atom stereocenters. The first kappa shape index (κ1) is 7.76. The van der Waals surface area contributed by atoms with Crippen molar-refractivity contribution in [3.63, 3.8) is 0 Å². The predicted octanol–water partition coefficient (Wildman–Crippen LogP) is 1.45. The van der Waals surface area contributed by atoms with Crippen LogP contribution in [-0.4, -0.2) is 17.5 Å². The van der Waals surface area contributed by atoms with Crippen LogP contribution in [-0.2, 0) is 4.74 Å². The first-order valence-electron chi connectivity index (χ1n) is 3.79. The Hall–Kier alpha value is -0.340. The van der Waals surface area contributed by atoms with Gasteiger partial charge in [0, 0.05) is 0 Å². The Balaban J connectivity index is 2.26. The lowest BCUT2D eigenvalue weighted by molar-refractivity contribution is -0.112. The summed E-state index contributed by atoms with van der Waals surface area (Å²) in [5, 5.41) is 8.85. The minimum Gasteiger partial charge on any atom is -0.368 e. The van der Waals surface area contributed by atoms with E-state index in [1.165, 1.54) is 6.42 Å². The molecule has 0 saturated carbocycles. The molecule has 2 nitrogen and oxygen atoms in total. The maximum Gasteiger partial charge on any atom is 0.152 e. The van der Waals surface area contributed by atoms with E-state index < -0.39 is 6.29 Å². The molecule has 0 radical (unpaired) electrons. The zero-order chi connectivity index (χ0) is 7.40. The summed E-state index contributed by atoms with van der Waals surface area (Å²) in [7, 11) is 0. The average molecular weight is 142 g/mol. The van der Waals surface area contributed by atoms with Gasteiger partial charge in [-0.15, -0.1) is 0 Å². The van der Waals surface area contributed by atoms with Crippen LogP contribution in [0.1, 0.15) is 26.2 Å². The lowest BCUT2D eigenvalue weighted by Crippen LogP contribution is -2.18. The highest BCUT2D eigenvalue weighted by Gasteiger charge is 2.09. The largest absolute Gasteiger partial charge is 0.368 e. The van der Waals surface area contributed by atoms with Crippen LogP contribution in [0, 0.1) is 0 Å². The van der Waals surface area contributed by atoms with Crippen LogP contribution >= 0.6 is 0 Å². The van der Waals surface area contributed by atoms with Crippen molar-refractivity contribution in [1.29, 1.82) is 0 Å². The third-order valence-corrected chi connectivity index (χ3v) is 1.58. The van der Waals surface area contributed by atoms with Crippen LogP contribution < -0.4 is 0 Å². The molecule has 1 N–H and O–H groups in total. The zero-order valence-electron chi connectivity index (χ0n) is 6.29. The molecule has 10 heavy (non-hydrogen) atoms. The Bertz CT molecular complexity index is 118. The molecule has 0 aliphatic heterocycles. The summed E-state index contributed by atoms with van der Waals surface area (Å²) in [6.07, 6.45) is 7.02. The van der Waals surface area contributed by atoms with Gasteiger partial charge in [0.25, 0.3) is 0 Å². The molecule has 2 heteroatoms. The van der Waals surface area contributed by atoms with E-state index in [9.17, 15) is 0 Å². The monoisotopic (exact) mass is 142 g/mol. The van der Waals surface area contributed by atoms with Crippen LogP contribution in [0.15, 0.2) is 12.2 Å². The van der Waals surface area contributed by atoms with Crippen molar-refractivity contribution in [2.75, 3.05) is 0 Å². The van der Waals surface area contributed by atoms with Gasteiger partial charge in [-0.2, -0.15) is 0 Å². The number of hydrogen-bond donors (Lipinski definition) is 1. The number of aliphatic hydroxyl groups is 1. The fourth-order valence-electron chi connectivity index (χ4n) is 1.15. The van der Waals surface area contributed by atoms with Crippen molar-refractivity contribution in [3.05, 3.63) is 12.2 Å². The summed E-state index contributed by atoms with van der Waals surface area (Å²) in [6, 6.07) is 0. The van der Waals surface area contributed by atoms with Gasteiger partial charge in [-0.25, -0.2) is 0 Å². The summed E-state index contributed by atoms with van der Waals surface area (Å²) < 4.78 is 5.16. The van der Waals surface area contributed by atoms with Crippen molar-refractivity contribution in [3.8, 4) is 0 Å². The Morgan fingerprint density at radius 1 is 1.70 bits per heavy atom. The summed E-state index contributed by atoms with van der Waals surface area (Å²) in [6.45, 7) is 1.64. The number of rotatable bonds is 2. The van der Waals surface area contributed by atoms with Gasteiger partial charge >= 0.3 is 0 Å². The minimum atomic E-state index is -0.632. The van der Waals surface area contributed by atoms with Crippen LogP contribution in [0.25, 0.3) is 0 Å². The number of hydrogen-bond acceptors (Lipinski definition) is 2. The van der Waals surface area contributed by atoms with Crippen molar-refractivity contribution >= 4 is 0 Å². The van der Waals surface area contributed by atoms with E-state index in [2.05, 4.69) is 6.08 Å². The fourth-order valence-corrected chi connectivity index (χ4v) is 1.15. The molecule has 1 aliphatic rings. The number of ether oxygens (including phenoxy) is 1. The SMILES string of the molecule is CC(O)OC1C=CCCC1. The highest BCUT2D eigenvalue weighted by Crippen LogP contribution is 2.14. The molecule has 0 bridgehead atoms. The lowest BCUT2D eigenvalue weighted by Gasteiger charge is -2.18. The number of allylic oxidation sites excluding steroid dienone is 1. The van der Waals surface area contributed by atoms with Gasteiger partial charge in [0.15, 0.2) is 6.29 Å². The molecular weight excluding hydrogens is 128 g/mol.